The summed E-state index contributed by atoms with van der Waals surface area (Å²) in [5, 5.41) is 0. The molecule has 1 aromatic carbocycles. The second-order valence-corrected chi connectivity index (χ2v) is 5.64. The number of esters is 1. The fourth-order valence-corrected chi connectivity index (χ4v) is 1.56. The maximum atomic E-state index is 11.5. The molecule has 0 heterocycles. The van der Waals surface area contributed by atoms with Crippen molar-refractivity contribution in [1.82, 2.24) is 0 Å². The monoisotopic (exact) mass is 276 g/mol. The fourth-order valence-electron chi connectivity index (χ4n) is 1.56. The first-order valence-corrected chi connectivity index (χ1v) is 7.04. The van der Waals surface area contributed by atoms with E-state index in [1.54, 1.807) is 6.08 Å². The Hall–Kier alpha value is -1.77. The molecule has 110 valence electrons. The van der Waals surface area contributed by atoms with Crippen molar-refractivity contribution >= 4 is 12.0 Å². The van der Waals surface area contributed by atoms with Crippen LogP contribution in [0.5, 0.6) is 5.75 Å². The van der Waals surface area contributed by atoms with Gasteiger partial charge in [0.25, 0.3) is 0 Å². The molecule has 0 spiro atoms. The zero-order valence-electron chi connectivity index (χ0n) is 12.8. The molecular formula is C17H24O3. The average Bonchev–Trinajstić information content (AvgIpc) is 2.35. The van der Waals surface area contributed by atoms with E-state index >= 15 is 0 Å². The number of benzene rings is 1. The average molecular weight is 276 g/mol. The van der Waals surface area contributed by atoms with Crippen LogP contribution in [0.3, 0.4) is 0 Å². The van der Waals surface area contributed by atoms with Gasteiger partial charge in [-0.1, -0.05) is 25.5 Å². The van der Waals surface area contributed by atoms with E-state index in [1.165, 1.54) is 6.08 Å². The summed E-state index contributed by atoms with van der Waals surface area (Å²) in [6.07, 6.45) is 5.10. The molecule has 0 bridgehead atoms. The number of hydrogen-bond donors (Lipinski definition) is 0. The third kappa shape index (κ3) is 6.98. The Labute approximate surface area is 121 Å². The highest BCUT2D eigenvalue weighted by Crippen LogP contribution is 2.19. The zero-order chi connectivity index (χ0) is 15.0. The first kappa shape index (κ1) is 16.3. The normalized spacial score (nSPS) is 11.6. The minimum atomic E-state index is -0.305. The van der Waals surface area contributed by atoms with Gasteiger partial charge in [-0.05, 0) is 51.0 Å². The van der Waals surface area contributed by atoms with Crippen LogP contribution < -0.4 is 4.74 Å². The predicted molar refractivity (Wildman–Crippen MR) is 81.7 cm³/mol. The molecule has 0 atom stereocenters. The van der Waals surface area contributed by atoms with Crippen LogP contribution in [0.1, 0.15) is 46.1 Å². The largest absolute Gasteiger partial charge is 0.488 e. The molecule has 20 heavy (non-hydrogen) atoms. The van der Waals surface area contributed by atoms with Gasteiger partial charge < -0.3 is 9.47 Å². The van der Waals surface area contributed by atoms with Gasteiger partial charge in [-0.15, -0.1) is 0 Å². The molecule has 0 aliphatic carbocycles. The number of carbonyl (C=O) groups excluding carboxylic acids is 1. The summed E-state index contributed by atoms with van der Waals surface area (Å²) >= 11 is 0. The molecule has 0 aromatic heterocycles. The van der Waals surface area contributed by atoms with E-state index in [-0.39, 0.29) is 11.6 Å². The molecule has 1 aromatic rings. The Morgan fingerprint density at radius 2 is 2.05 bits per heavy atom. The Morgan fingerprint density at radius 3 is 2.70 bits per heavy atom. The van der Waals surface area contributed by atoms with Gasteiger partial charge >= 0.3 is 5.97 Å². The molecule has 3 heteroatoms. The van der Waals surface area contributed by atoms with Gasteiger partial charge in [0, 0.05) is 6.08 Å². The molecule has 0 radical (unpaired) electrons. The molecule has 0 saturated heterocycles. The molecular weight excluding hydrogens is 252 g/mol. The summed E-state index contributed by atoms with van der Waals surface area (Å²) in [7, 11) is 0. The summed E-state index contributed by atoms with van der Waals surface area (Å²) in [5.41, 5.74) is 0.681. The number of ether oxygens (including phenoxy) is 2. The van der Waals surface area contributed by atoms with E-state index in [1.807, 2.05) is 45.0 Å². The van der Waals surface area contributed by atoms with E-state index < -0.39 is 0 Å². The van der Waals surface area contributed by atoms with Crippen LogP contribution in [0.15, 0.2) is 30.3 Å². The molecule has 0 aliphatic rings. The highest BCUT2D eigenvalue weighted by Gasteiger charge is 2.11. The topological polar surface area (TPSA) is 35.5 Å². The van der Waals surface area contributed by atoms with Crippen LogP contribution in [0, 0.1) is 0 Å². The van der Waals surface area contributed by atoms with Crippen molar-refractivity contribution in [2.75, 3.05) is 6.61 Å². The highest BCUT2D eigenvalue weighted by molar-refractivity contribution is 5.87. The lowest BCUT2D eigenvalue weighted by Gasteiger charge is -2.21. The van der Waals surface area contributed by atoms with Crippen molar-refractivity contribution < 1.29 is 14.3 Å². The summed E-state index contributed by atoms with van der Waals surface area (Å²) in [5.74, 6) is 0.486. The molecule has 0 N–H and O–H groups in total. The van der Waals surface area contributed by atoms with Crippen molar-refractivity contribution in [2.45, 2.75) is 46.1 Å². The third-order valence-electron chi connectivity index (χ3n) is 2.44. The van der Waals surface area contributed by atoms with Crippen LogP contribution >= 0.6 is 0 Å². The first-order chi connectivity index (χ1) is 9.40. The number of hydrogen-bond acceptors (Lipinski definition) is 3. The van der Waals surface area contributed by atoms with E-state index in [2.05, 4.69) is 6.92 Å². The molecule has 0 amide bonds. The van der Waals surface area contributed by atoms with Crippen molar-refractivity contribution in [3.8, 4) is 5.75 Å². The Morgan fingerprint density at radius 1 is 1.30 bits per heavy atom. The molecule has 0 aliphatic heterocycles. The van der Waals surface area contributed by atoms with Crippen molar-refractivity contribution in [1.29, 1.82) is 0 Å². The maximum absolute atomic E-state index is 11.5. The van der Waals surface area contributed by atoms with Crippen LogP contribution in [0.2, 0.25) is 0 Å². The van der Waals surface area contributed by atoms with E-state index in [9.17, 15) is 4.79 Å². The fraction of sp³-hybridized carbons (Fsp3) is 0.471. The Kier molecular flexibility index (Phi) is 6.29. The van der Waals surface area contributed by atoms with Crippen LogP contribution in [-0.4, -0.2) is 18.2 Å². The van der Waals surface area contributed by atoms with Gasteiger partial charge in [-0.3, -0.25) is 0 Å². The van der Waals surface area contributed by atoms with E-state index in [4.69, 9.17) is 9.47 Å². The first-order valence-electron chi connectivity index (χ1n) is 7.04. The van der Waals surface area contributed by atoms with Crippen LogP contribution in [0.25, 0.3) is 6.08 Å². The van der Waals surface area contributed by atoms with Crippen LogP contribution in [-0.2, 0) is 9.53 Å². The lowest BCUT2D eigenvalue weighted by Crippen LogP contribution is -2.22. The minimum absolute atomic E-state index is 0.235. The lowest BCUT2D eigenvalue weighted by molar-refractivity contribution is -0.137. The smallest absolute Gasteiger partial charge is 0.330 e. The quantitative estimate of drug-likeness (QED) is 0.443. The summed E-state index contributed by atoms with van der Waals surface area (Å²) in [6, 6.07) is 7.64. The predicted octanol–water partition coefficient (Wildman–Crippen LogP) is 4.22. The molecule has 3 nitrogen and oxygen atoms in total. The Bertz CT molecular complexity index is 456. The summed E-state index contributed by atoms with van der Waals surface area (Å²) in [4.78, 5) is 11.5. The zero-order valence-corrected chi connectivity index (χ0v) is 12.8. The standard InChI is InChI=1S/C17H24O3/c1-5-6-12-19-16(18)11-10-14-8-7-9-15(13-14)20-17(2,3)4/h7-11,13H,5-6,12H2,1-4H3. The summed E-state index contributed by atoms with van der Waals surface area (Å²) < 4.78 is 10.8. The number of rotatable bonds is 6. The van der Waals surface area contributed by atoms with Gasteiger partial charge in [0.05, 0.1) is 6.61 Å². The lowest BCUT2D eigenvalue weighted by atomic mass is 10.1. The third-order valence-corrected chi connectivity index (χ3v) is 2.44. The van der Waals surface area contributed by atoms with Gasteiger partial charge in [0.2, 0.25) is 0 Å². The highest BCUT2D eigenvalue weighted by atomic mass is 16.5. The summed E-state index contributed by atoms with van der Waals surface area (Å²) in [6.45, 7) is 8.54. The van der Waals surface area contributed by atoms with Crippen molar-refractivity contribution in [3.63, 3.8) is 0 Å². The van der Waals surface area contributed by atoms with Crippen molar-refractivity contribution in [2.24, 2.45) is 0 Å². The number of carbonyl (C=O) groups is 1. The van der Waals surface area contributed by atoms with Crippen molar-refractivity contribution in [3.05, 3.63) is 35.9 Å². The van der Waals surface area contributed by atoms with E-state index in [0.29, 0.717) is 6.61 Å². The number of unbranched alkanes of at least 4 members (excludes halogenated alkanes) is 1. The van der Waals surface area contributed by atoms with Gasteiger partial charge in [-0.2, -0.15) is 0 Å². The van der Waals surface area contributed by atoms with Gasteiger partial charge in [-0.25, -0.2) is 4.79 Å². The SMILES string of the molecule is CCCCOC(=O)C=Cc1cccc(OC(C)(C)C)c1. The molecule has 0 fully saturated rings. The van der Waals surface area contributed by atoms with Gasteiger partial charge in [0.15, 0.2) is 0 Å². The maximum Gasteiger partial charge on any atom is 0.330 e. The molecule has 0 unspecified atom stereocenters. The molecule has 0 saturated carbocycles. The van der Waals surface area contributed by atoms with Gasteiger partial charge in [0.1, 0.15) is 11.4 Å². The van der Waals surface area contributed by atoms with Crippen LogP contribution in [0.4, 0.5) is 0 Å². The minimum Gasteiger partial charge on any atom is -0.488 e. The Balaban J connectivity index is 2.59. The van der Waals surface area contributed by atoms with E-state index in [0.717, 1.165) is 24.2 Å². The second-order valence-electron chi connectivity index (χ2n) is 5.64. The molecule has 1 rings (SSSR count). The second kappa shape index (κ2) is 7.73.